The standard InChI is InChI=1S/C21H34N6O/c1-22-20(25-16-21(9-4-5-10-21)19(28)26(2)3)24-15-17-8-11-23-18(14-17)27-12-6-7-13-27/h8,11,14H,4-7,9-10,12-13,15-16H2,1-3H3,(H2,22,24,25). The van der Waals surface area contributed by atoms with Crippen LogP contribution in [0.1, 0.15) is 44.1 Å². The van der Waals surface area contributed by atoms with Gasteiger partial charge in [0.15, 0.2) is 5.96 Å². The van der Waals surface area contributed by atoms with E-state index in [9.17, 15) is 4.79 Å². The van der Waals surface area contributed by atoms with Crippen LogP contribution in [0.5, 0.6) is 0 Å². The molecule has 2 N–H and O–H groups in total. The topological polar surface area (TPSA) is 72.9 Å². The lowest BCUT2D eigenvalue weighted by Crippen LogP contribution is -2.49. The summed E-state index contributed by atoms with van der Waals surface area (Å²) in [7, 11) is 5.46. The number of hydrogen-bond acceptors (Lipinski definition) is 4. The van der Waals surface area contributed by atoms with E-state index in [1.807, 2.05) is 26.4 Å². The predicted octanol–water partition coefficient (Wildman–Crippen LogP) is 2.00. The van der Waals surface area contributed by atoms with E-state index in [-0.39, 0.29) is 11.3 Å². The third-order valence-electron chi connectivity index (χ3n) is 5.94. The largest absolute Gasteiger partial charge is 0.357 e. The van der Waals surface area contributed by atoms with Crippen molar-refractivity contribution in [2.75, 3.05) is 45.7 Å². The van der Waals surface area contributed by atoms with Crippen molar-refractivity contribution in [1.29, 1.82) is 0 Å². The van der Waals surface area contributed by atoms with Gasteiger partial charge in [-0.05, 0) is 43.4 Å². The number of aromatic nitrogens is 1. The molecule has 28 heavy (non-hydrogen) atoms. The third-order valence-corrected chi connectivity index (χ3v) is 5.94. The van der Waals surface area contributed by atoms with Crippen molar-refractivity contribution in [2.24, 2.45) is 10.4 Å². The number of nitrogens with zero attached hydrogens (tertiary/aromatic N) is 4. The molecule has 1 aromatic rings. The Labute approximate surface area is 168 Å². The Morgan fingerprint density at radius 2 is 1.93 bits per heavy atom. The van der Waals surface area contributed by atoms with Crippen molar-refractivity contribution in [3.8, 4) is 0 Å². The third kappa shape index (κ3) is 4.75. The van der Waals surface area contributed by atoms with Gasteiger partial charge in [0.25, 0.3) is 0 Å². The first-order valence-electron chi connectivity index (χ1n) is 10.4. The quantitative estimate of drug-likeness (QED) is 0.578. The van der Waals surface area contributed by atoms with Gasteiger partial charge in [-0.3, -0.25) is 9.79 Å². The van der Waals surface area contributed by atoms with Crippen LogP contribution in [0.3, 0.4) is 0 Å². The Morgan fingerprint density at radius 1 is 1.21 bits per heavy atom. The number of anilines is 1. The van der Waals surface area contributed by atoms with Gasteiger partial charge in [-0.2, -0.15) is 0 Å². The molecule has 1 amide bonds. The van der Waals surface area contributed by atoms with Gasteiger partial charge in [0.1, 0.15) is 5.82 Å². The summed E-state index contributed by atoms with van der Waals surface area (Å²) < 4.78 is 0. The van der Waals surface area contributed by atoms with E-state index in [1.54, 1.807) is 11.9 Å². The highest BCUT2D eigenvalue weighted by Gasteiger charge is 2.42. The molecule has 1 aliphatic carbocycles. The summed E-state index contributed by atoms with van der Waals surface area (Å²) in [5.74, 6) is 2.01. The Kier molecular flexibility index (Phi) is 6.75. The summed E-state index contributed by atoms with van der Waals surface area (Å²) in [5.41, 5.74) is 0.876. The van der Waals surface area contributed by atoms with Gasteiger partial charge in [-0.25, -0.2) is 4.98 Å². The minimum atomic E-state index is -0.305. The lowest BCUT2D eigenvalue weighted by Gasteiger charge is -2.31. The maximum absolute atomic E-state index is 12.7. The van der Waals surface area contributed by atoms with Gasteiger partial charge in [-0.1, -0.05) is 12.8 Å². The van der Waals surface area contributed by atoms with E-state index in [0.29, 0.717) is 13.1 Å². The molecule has 0 aromatic carbocycles. The molecule has 0 bridgehead atoms. The van der Waals surface area contributed by atoms with Crippen molar-refractivity contribution in [3.05, 3.63) is 23.9 Å². The average Bonchev–Trinajstić information content (AvgIpc) is 3.40. The minimum absolute atomic E-state index is 0.220. The first-order valence-corrected chi connectivity index (χ1v) is 10.4. The molecule has 1 saturated heterocycles. The maximum Gasteiger partial charge on any atom is 0.230 e. The molecule has 7 heteroatoms. The van der Waals surface area contributed by atoms with E-state index in [0.717, 1.165) is 50.6 Å². The van der Waals surface area contributed by atoms with Crippen molar-refractivity contribution < 1.29 is 4.79 Å². The molecule has 0 unspecified atom stereocenters. The van der Waals surface area contributed by atoms with E-state index in [1.165, 1.54) is 18.4 Å². The van der Waals surface area contributed by atoms with E-state index in [2.05, 4.69) is 31.6 Å². The normalized spacial score (nSPS) is 19.0. The molecule has 1 aromatic heterocycles. The summed E-state index contributed by atoms with van der Waals surface area (Å²) in [5, 5.41) is 6.77. The summed E-state index contributed by atoms with van der Waals surface area (Å²) in [6, 6.07) is 4.19. The lowest BCUT2D eigenvalue weighted by atomic mass is 9.84. The molecule has 0 spiro atoms. The number of hydrogen-bond donors (Lipinski definition) is 2. The molecule has 3 rings (SSSR count). The van der Waals surface area contributed by atoms with E-state index >= 15 is 0 Å². The van der Waals surface area contributed by atoms with Crippen molar-refractivity contribution in [1.82, 2.24) is 20.5 Å². The second-order valence-electron chi connectivity index (χ2n) is 8.18. The van der Waals surface area contributed by atoms with Crippen molar-refractivity contribution >= 4 is 17.7 Å². The number of guanidine groups is 1. The molecule has 0 radical (unpaired) electrons. The molecule has 7 nitrogen and oxygen atoms in total. The zero-order valence-corrected chi connectivity index (χ0v) is 17.5. The highest BCUT2D eigenvalue weighted by atomic mass is 16.2. The first-order chi connectivity index (χ1) is 13.5. The second kappa shape index (κ2) is 9.26. The fourth-order valence-electron chi connectivity index (χ4n) is 4.34. The fourth-order valence-corrected chi connectivity index (χ4v) is 4.34. The monoisotopic (exact) mass is 386 g/mol. The van der Waals surface area contributed by atoms with Gasteiger partial charge in [0.2, 0.25) is 5.91 Å². The number of nitrogens with one attached hydrogen (secondary N) is 2. The highest BCUT2D eigenvalue weighted by Crippen LogP contribution is 2.38. The van der Waals surface area contributed by atoms with Crippen LogP contribution in [0, 0.1) is 5.41 Å². The van der Waals surface area contributed by atoms with Crippen LogP contribution in [0.2, 0.25) is 0 Å². The van der Waals surface area contributed by atoms with Gasteiger partial charge in [-0.15, -0.1) is 0 Å². The highest BCUT2D eigenvalue weighted by molar-refractivity contribution is 5.85. The number of carbonyl (C=O) groups excluding carboxylic acids is 1. The summed E-state index contributed by atoms with van der Waals surface area (Å²) in [6.45, 7) is 3.49. The zero-order chi connectivity index (χ0) is 20.0. The van der Waals surface area contributed by atoms with Gasteiger partial charge in [0.05, 0.1) is 5.41 Å². The zero-order valence-electron chi connectivity index (χ0n) is 17.5. The molecule has 2 aliphatic rings. The molecule has 154 valence electrons. The van der Waals surface area contributed by atoms with E-state index in [4.69, 9.17) is 0 Å². The fraction of sp³-hybridized carbons (Fsp3) is 0.667. The number of carbonyl (C=O) groups is 1. The van der Waals surface area contributed by atoms with Crippen molar-refractivity contribution in [2.45, 2.75) is 45.1 Å². The van der Waals surface area contributed by atoms with Crippen LogP contribution in [-0.4, -0.2) is 62.5 Å². The Hall–Kier alpha value is -2.31. The van der Waals surface area contributed by atoms with Crippen LogP contribution >= 0.6 is 0 Å². The molecule has 1 aliphatic heterocycles. The minimum Gasteiger partial charge on any atom is -0.357 e. The summed E-state index contributed by atoms with van der Waals surface area (Å²) in [6.07, 6.45) is 8.48. The molecule has 0 atom stereocenters. The average molecular weight is 387 g/mol. The SMILES string of the molecule is CN=C(NCc1ccnc(N2CCCC2)c1)NCC1(C(=O)N(C)C)CCCC1. The predicted molar refractivity (Wildman–Crippen MR) is 113 cm³/mol. The Bertz CT molecular complexity index is 690. The molecular weight excluding hydrogens is 352 g/mol. The molecule has 1 saturated carbocycles. The van der Waals surface area contributed by atoms with Gasteiger partial charge >= 0.3 is 0 Å². The Balaban J connectivity index is 1.56. The first kappa shape index (κ1) is 20.4. The Morgan fingerprint density at radius 3 is 2.57 bits per heavy atom. The van der Waals surface area contributed by atoms with Crippen LogP contribution in [-0.2, 0) is 11.3 Å². The summed E-state index contributed by atoms with van der Waals surface area (Å²) in [4.78, 5) is 25.6. The van der Waals surface area contributed by atoms with Gasteiger partial charge < -0.3 is 20.4 Å². The molecule has 2 fully saturated rings. The van der Waals surface area contributed by atoms with Crippen LogP contribution in [0.25, 0.3) is 0 Å². The number of amides is 1. The second-order valence-corrected chi connectivity index (χ2v) is 8.18. The number of aliphatic imine (C=N–C) groups is 1. The van der Waals surface area contributed by atoms with Crippen LogP contribution < -0.4 is 15.5 Å². The van der Waals surface area contributed by atoms with Gasteiger partial charge in [0, 0.05) is 53.5 Å². The number of rotatable bonds is 6. The molecule has 2 heterocycles. The smallest absolute Gasteiger partial charge is 0.230 e. The van der Waals surface area contributed by atoms with E-state index < -0.39 is 0 Å². The lowest BCUT2D eigenvalue weighted by molar-refractivity contribution is -0.138. The maximum atomic E-state index is 12.7. The van der Waals surface area contributed by atoms with Crippen LogP contribution in [0.4, 0.5) is 5.82 Å². The van der Waals surface area contributed by atoms with Crippen molar-refractivity contribution in [3.63, 3.8) is 0 Å². The van der Waals surface area contributed by atoms with Crippen LogP contribution in [0.15, 0.2) is 23.3 Å². The summed E-state index contributed by atoms with van der Waals surface area (Å²) >= 11 is 0. The molecular formula is C21H34N6O. The number of pyridine rings is 1.